The third-order valence-corrected chi connectivity index (χ3v) is 5.80. The molecule has 0 aliphatic rings. The van der Waals surface area contributed by atoms with Crippen LogP contribution in [0.3, 0.4) is 0 Å². The first-order valence-electron chi connectivity index (χ1n) is 10.7. The summed E-state index contributed by atoms with van der Waals surface area (Å²) in [5.41, 5.74) is 3.34. The van der Waals surface area contributed by atoms with Gasteiger partial charge in [0.2, 0.25) is 0 Å². The quantitative estimate of drug-likeness (QED) is 0.288. The number of anilines is 1. The highest BCUT2D eigenvalue weighted by Crippen LogP contribution is 2.28. The van der Waals surface area contributed by atoms with Crippen molar-refractivity contribution in [3.63, 3.8) is 0 Å². The smallest absolute Gasteiger partial charge is 0.331 e. The Balaban J connectivity index is 1.38. The summed E-state index contributed by atoms with van der Waals surface area (Å²) in [6, 6.07) is 19.9. The van der Waals surface area contributed by atoms with E-state index >= 15 is 0 Å². The van der Waals surface area contributed by atoms with E-state index in [1.54, 1.807) is 53.4 Å². The van der Waals surface area contributed by atoms with E-state index in [0.717, 1.165) is 21.8 Å². The molecule has 0 bridgehead atoms. The molecule has 0 aliphatic heterocycles. The van der Waals surface area contributed by atoms with E-state index in [1.165, 1.54) is 6.08 Å². The molecule has 8 nitrogen and oxygen atoms in total. The van der Waals surface area contributed by atoms with Gasteiger partial charge in [-0.25, -0.2) is 9.48 Å². The minimum absolute atomic E-state index is 0.222. The molecule has 0 fully saturated rings. The fourth-order valence-corrected chi connectivity index (χ4v) is 3.95. The Morgan fingerprint density at radius 2 is 1.80 bits per heavy atom. The highest BCUT2D eigenvalue weighted by atomic mass is 32.1. The Morgan fingerprint density at radius 3 is 2.49 bits per heavy atom. The average Bonchev–Trinajstić information content (AvgIpc) is 3.57. The van der Waals surface area contributed by atoms with Gasteiger partial charge in [-0.2, -0.15) is 5.10 Å². The lowest BCUT2D eigenvalue weighted by Crippen LogP contribution is -2.20. The van der Waals surface area contributed by atoms with E-state index in [1.807, 2.05) is 54.0 Å². The molecule has 2 aromatic carbocycles. The molecule has 2 heterocycles. The number of esters is 1. The van der Waals surface area contributed by atoms with Crippen LogP contribution in [-0.4, -0.2) is 41.2 Å². The molecule has 4 aromatic rings. The van der Waals surface area contributed by atoms with Gasteiger partial charge in [0.05, 0.1) is 10.6 Å². The van der Waals surface area contributed by atoms with Crippen LogP contribution in [0.15, 0.2) is 84.4 Å². The highest BCUT2D eigenvalue weighted by Gasteiger charge is 2.12. The maximum atomic E-state index is 12.2. The molecule has 0 saturated heterocycles. The van der Waals surface area contributed by atoms with E-state index in [9.17, 15) is 14.4 Å². The highest BCUT2D eigenvalue weighted by molar-refractivity contribution is 7.13. The second kappa shape index (κ2) is 11.1. The van der Waals surface area contributed by atoms with Gasteiger partial charge in [-0.3, -0.25) is 9.59 Å². The predicted molar refractivity (Wildman–Crippen MR) is 135 cm³/mol. The number of thiophene rings is 1. The third-order valence-electron chi connectivity index (χ3n) is 4.92. The van der Waals surface area contributed by atoms with Crippen molar-refractivity contribution in [3.8, 4) is 16.3 Å². The summed E-state index contributed by atoms with van der Waals surface area (Å²) in [6.07, 6.45) is 4.73. The van der Waals surface area contributed by atoms with E-state index in [4.69, 9.17) is 4.74 Å². The van der Waals surface area contributed by atoms with Gasteiger partial charge >= 0.3 is 5.97 Å². The van der Waals surface area contributed by atoms with E-state index in [-0.39, 0.29) is 5.91 Å². The molecule has 0 spiro atoms. The van der Waals surface area contributed by atoms with Gasteiger partial charge in [-0.1, -0.05) is 24.3 Å². The summed E-state index contributed by atoms with van der Waals surface area (Å²) in [7, 11) is 1.54. The van der Waals surface area contributed by atoms with Crippen molar-refractivity contribution in [2.24, 2.45) is 0 Å². The van der Waals surface area contributed by atoms with E-state index in [0.29, 0.717) is 11.3 Å². The van der Waals surface area contributed by atoms with Crippen molar-refractivity contribution >= 4 is 40.9 Å². The zero-order valence-electron chi connectivity index (χ0n) is 18.8. The Hall–Kier alpha value is -4.50. The number of hydrogen-bond donors (Lipinski definition) is 2. The second-order valence-electron chi connectivity index (χ2n) is 7.34. The molecule has 0 atom stereocenters. The van der Waals surface area contributed by atoms with Crippen molar-refractivity contribution in [1.82, 2.24) is 15.1 Å². The standard InChI is InChI=1S/C26H22N4O4S/c1-27-26(33)18-9-12-20(13-10-18)28-23(31)17-34-24(32)14-11-19-16-30(21-6-3-2-4-7-21)29-25(19)22-8-5-15-35-22/h2-16H,17H2,1H3,(H,27,33)(H,28,31)/b14-11+. The zero-order chi connectivity index (χ0) is 24.6. The number of nitrogens with one attached hydrogen (secondary N) is 2. The van der Waals surface area contributed by atoms with Crippen molar-refractivity contribution in [2.45, 2.75) is 0 Å². The number of nitrogens with zero attached hydrogens (tertiary/aromatic N) is 2. The minimum Gasteiger partial charge on any atom is -0.452 e. The third kappa shape index (κ3) is 6.10. The number of hydrogen-bond acceptors (Lipinski definition) is 6. The van der Waals surface area contributed by atoms with Gasteiger partial charge in [0.25, 0.3) is 11.8 Å². The molecular formula is C26H22N4O4S. The van der Waals surface area contributed by atoms with Crippen LogP contribution in [0.4, 0.5) is 5.69 Å². The van der Waals surface area contributed by atoms with E-state index < -0.39 is 18.5 Å². The minimum atomic E-state index is -0.653. The average molecular weight is 487 g/mol. The summed E-state index contributed by atoms with van der Waals surface area (Å²) in [5, 5.41) is 11.8. The molecule has 4 rings (SSSR count). The first-order valence-corrected chi connectivity index (χ1v) is 11.6. The topological polar surface area (TPSA) is 102 Å². The molecule has 2 amide bonds. The Labute approximate surface area is 205 Å². The molecular weight excluding hydrogens is 464 g/mol. The largest absolute Gasteiger partial charge is 0.452 e. The first kappa shape index (κ1) is 23.7. The SMILES string of the molecule is CNC(=O)c1ccc(NC(=O)COC(=O)/C=C/c2cn(-c3ccccc3)nc2-c2cccs2)cc1. The van der Waals surface area contributed by atoms with Gasteiger partial charge in [0.1, 0.15) is 5.69 Å². The van der Waals surface area contributed by atoms with Gasteiger partial charge < -0.3 is 15.4 Å². The van der Waals surface area contributed by atoms with Crippen LogP contribution in [0.5, 0.6) is 0 Å². The lowest BCUT2D eigenvalue weighted by atomic mass is 10.2. The van der Waals surface area contributed by atoms with Crippen molar-refractivity contribution in [3.05, 3.63) is 95.5 Å². The van der Waals surface area contributed by atoms with Crippen molar-refractivity contribution in [1.29, 1.82) is 0 Å². The van der Waals surface area contributed by atoms with Gasteiger partial charge in [-0.05, 0) is 53.9 Å². The molecule has 35 heavy (non-hydrogen) atoms. The van der Waals surface area contributed by atoms with Crippen LogP contribution >= 0.6 is 11.3 Å². The maximum absolute atomic E-state index is 12.2. The monoisotopic (exact) mass is 486 g/mol. The molecule has 0 radical (unpaired) electrons. The molecule has 0 unspecified atom stereocenters. The Kier molecular flexibility index (Phi) is 7.49. The number of carbonyl (C=O) groups excluding carboxylic acids is 3. The Morgan fingerprint density at radius 1 is 1.03 bits per heavy atom. The summed E-state index contributed by atoms with van der Waals surface area (Å²) < 4.78 is 6.83. The number of amides is 2. The summed E-state index contributed by atoms with van der Waals surface area (Å²) in [5.74, 6) is -1.37. The van der Waals surface area contributed by atoms with Crippen LogP contribution < -0.4 is 10.6 Å². The van der Waals surface area contributed by atoms with Crippen LogP contribution in [0.25, 0.3) is 22.3 Å². The molecule has 176 valence electrons. The van der Waals surface area contributed by atoms with Crippen LogP contribution in [0, 0.1) is 0 Å². The van der Waals surface area contributed by atoms with E-state index in [2.05, 4.69) is 15.7 Å². The number of para-hydroxylation sites is 1. The van der Waals surface area contributed by atoms with Crippen LogP contribution in [0.1, 0.15) is 15.9 Å². The summed E-state index contributed by atoms with van der Waals surface area (Å²) in [6.45, 7) is -0.443. The summed E-state index contributed by atoms with van der Waals surface area (Å²) >= 11 is 1.55. The fourth-order valence-electron chi connectivity index (χ4n) is 3.22. The van der Waals surface area contributed by atoms with Gasteiger partial charge in [0.15, 0.2) is 6.61 Å². The molecule has 0 aliphatic carbocycles. The molecule has 2 N–H and O–H groups in total. The maximum Gasteiger partial charge on any atom is 0.331 e. The normalized spacial score (nSPS) is 10.8. The summed E-state index contributed by atoms with van der Waals surface area (Å²) in [4.78, 5) is 36.9. The number of benzene rings is 2. The number of carbonyl (C=O) groups is 3. The van der Waals surface area contributed by atoms with Crippen LogP contribution in [0.2, 0.25) is 0 Å². The molecule has 0 saturated carbocycles. The molecule has 9 heteroatoms. The van der Waals surface area contributed by atoms with Gasteiger partial charge in [-0.15, -0.1) is 11.3 Å². The zero-order valence-corrected chi connectivity index (χ0v) is 19.6. The second-order valence-corrected chi connectivity index (χ2v) is 8.28. The number of aromatic nitrogens is 2. The number of ether oxygens (including phenoxy) is 1. The van der Waals surface area contributed by atoms with Gasteiger partial charge in [0, 0.05) is 36.1 Å². The number of rotatable bonds is 8. The van der Waals surface area contributed by atoms with Crippen molar-refractivity contribution in [2.75, 3.05) is 19.0 Å². The van der Waals surface area contributed by atoms with Crippen LogP contribution in [-0.2, 0) is 14.3 Å². The van der Waals surface area contributed by atoms with Crippen molar-refractivity contribution < 1.29 is 19.1 Å². The molecule has 2 aromatic heterocycles. The lowest BCUT2D eigenvalue weighted by Gasteiger charge is -2.06. The fraction of sp³-hybridized carbons (Fsp3) is 0.0769. The first-order chi connectivity index (χ1) is 17.0. The Bertz CT molecular complexity index is 1340. The lowest BCUT2D eigenvalue weighted by molar-refractivity contribution is -0.142. The predicted octanol–water partition coefficient (Wildman–Crippen LogP) is 4.16.